The molecular weight excluding hydrogens is 156 g/mol. The van der Waals surface area contributed by atoms with E-state index < -0.39 is 0 Å². The Bertz CT molecular complexity index is 164. The summed E-state index contributed by atoms with van der Waals surface area (Å²) in [6.07, 6.45) is 23.0. The molecule has 0 heteroatoms. The molecule has 0 aromatic rings. The largest absolute Gasteiger partial charge is 0.0882 e. The van der Waals surface area contributed by atoms with Gasteiger partial charge < -0.3 is 0 Å². The maximum Gasteiger partial charge on any atom is -0.0167 e. The van der Waals surface area contributed by atoms with Crippen LogP contribution >= 0.6 is 0 Å². The number of rotatable bonds is 0. The molecule has 0 fully saturated rings. The van der Waals surface area contributed by atoms with Crippen LogP contribution < -0.4 is 0 Å². The lowest BCUT2D eigenvalue weighted by molar-refractivity contribution is 0.864. The predicted molar refractivity (Wildman–Crippen MR) is 59.4 cm³/mol. The smallest absolute Gasteiger partial charge is 0.0167 e. The molecule has 0 bridgehead atoms. The maximum absolute atomic E-state index is 2.29. The Labute approximate surface area is 82.0 Å². The minimum Gasteiger partial charge on any atom is -0.0882 e. The molecule has 1 aliphatic rings. The average Bonchev–Trinajstić information content (AvgIpc) is 2.18. The first-order valence-corrected chi connectivity index (χ1v) is 5.28. The van der Waals surface area contributed by atoms with E-state index in [2.05, 4.69) is 42.9 Å². The fourth-order valence-corrected chi connectivity index (χ4v) is 1.34. The molecule has 0 atom stereocenters. The van der Waals surface area contributed by atoms with E-state index in [-0.39, 0.29) is 0 Å². The molecule has 0 unspecified atom stereocenters. The molecule has 0 saturated carbocycles. The molecule has 0 N–H and O–H groups in total. The van der Waals surface area contributed by atoms with Gasteiger partial charge >= 0.3 is 0 Å². The van der Waals surface area contributed by atoms with Gasteiger partial charge in [0.25, 0.3) is 0 Å². The van der Waals surface area contributed by atoms with Crippen molar-refractivity contribution in [3.8, 4) is 0 Å². The molecule has 13 heavy (non-hydrogen) atoms. The van der Waals surface area contributed by atoms with Crippen LogP contribution in [0.25, 0.3) is 0 Å². The van der Waals surface area contributed by atoms with Gasteiger partial charge in [0.2, 0.25) is 0 Å². The zero-order valence-corrected chi connectivity index (χ0v) is 8.28. The van der Waals surface area contributed by atoms with Gasteiger partial charge in [0.05, 0.1) is 0 Å². The Morgan fingerprint density at radius 2 is 1.38 bits per heavy atom. The summed E-state index contributed by atoms with van der Waals surface area (Å²) in [5, 5.41) is 0. The van der Waals surface area contributed by atoms with Crippen LogP contribution in [0, 0.1) is 6.42 Å². The fraction of sp³-hybridized carbons (Fsp3) is 0.462. The van der Waals surface area contributed by atoms with Crippen LogP contribution in [0.4, 0.5) is 0 Å². The van der Waals surface area contributed by atoms with E-state index in [1.807, 2.05) is 0 Å². The molecule has 1 aliphatic carbocycles. The van der Waals surface area contributed by atoms with Crippen molar-refractivity contribution >= 4 is 0 Å². The third-order valence-electron chi connectivity index (χ3n) is 2.12. The average molecular weight is 175 g/mol. The molecular formula is C13H19. The minimum absolute atomic E-state index is 1.10. The van der Waals surface area contributed by atoms with Crippen molar-refractivity contribution in [2.24, 2.45) is 0 Å². The Balaban J connectivity index is 2.27. The van der Waals surface area contributed by atoms with E-state index in [1.165, 1.54) is 32.1 Å². The molecule has 0 saturated heterocycles. The monoisotopic (exact) mass is 175 g/mol. The van der Waals surface area contributed by atoms with Gasteiger partial charge in [-0.15, -0.1) is 0 Å². The lowest BCUT2D eigenvalue weighted by Gasteiger charge is -1.90. The van der Waals surface area contributed by atoms with E-state index in [1.54, 1.807) is 0 Å². The van der Waals surface area contributed by atoms with Crippen molar-refractivity contribution in [3.05, 3.63) is 42.9 Å². The molecule has 1 rings (SSSR count). The second kappa shape index (κ2) is 7.85. The summed E-state index contributed by atoms with van der Waals surface area (Å²) < 4.78 is 0. The van der Waals surface area contributed by atoms with Crippen LogP contribution in [-0.2, 0) is 0 Å². The zero-order valence-electron chi connectivity index (χ0n) is 8.28. The quantitative estimate of drug-likeness (QED) is 0.484. The Morgan fingerprint density at radius 1 is 0.615 bits per heavy atom. The third-order valence-corrected chi connectivity index (χ3v) is 2.12. The summed E-state index contributed by atoms with van der Waals surface area (Å²) >= 11 is 0. The first kappa shape index (κ1) is 10.3. The molecule has 71 valence electrons. The van der Waals surface area contributed by atoms with E-state index in [9.17, 15) is 0 Å². The SMILES string of the molecule is [CH]1C=CCCCC=CCC=CCC1. The Kier molecular flexibility index (Phi) is 6.22. The maximum atomic E-state index is 2.29. The standard InChI is InChI=1S/C13H19/c1-2-4-6-8-10-12-13-11-9-7-5-3-1/h1-3,8,10-11,13H,4-7,9,12H2. The highest BCUT2D eigenvalue weighted by Crippen LogP contribution is 2.03. The molecule has 0 nitrogen and oxygen atoms in total. The van der Waals surface area contributed by atoms with Gasteiger partial charge in [0, 0.05) is 0 Å². The van der Waals surface area contributed by atoms with Crippen LogP contribution in [0.2, 0.25) is 0 Å². The first-order valence-electron chi connectivity index (χ1n) is 5.28. The molecule has 0 aliphatic heterocycles. The van der Waals surface area contributed by atoms with Crippen LogP contribution in [-0.4, -0.2) is 0 Å². The topological polar surface area (TPSA) is 0 Å². The minimum atomic E-state index is 1.10. The summed E-state index contributed by atoms with van der Waals surface area (Å²) in [6, 6.07) is 0. The summed E-state index contributed by atoms with van der Waals surface area (Å²) in [5.74, 6) is 0. The highest BCUT2D eigenvalue weighted by Gasteiger charge is 1.84. The van der Waals surface area contributed by atoms with Gasteiger partial charge in [-0.2, -0.15) is 0 Å². The summed E-state index contributed by atoms with van der Waals surface area (Å²) in [6.45, 7) is 0. The predicted octanol–water partition coefficient (Wildman–Crippen LogP) is 4.21. The van der Waals surface area contributed by atoms with Crippen molar-refractivity contribution in [2.75, 3.05) is 0 Å². The van der Waals surface area contributed by atoms with E-state index in [4.69, 9.17) is 0 Å². The van der Waals surface area contributed by atoms with E-state index in [0.717, 1.165) is 6.42 Å². The fourth-order valence-electron chi connectivity index (χ4n) is 1.34. The second-order valence-corrected chi connectivity index (χ2v) is 3.35. The van der Waals surface area contributed by atoms with Gasteiger partial charge in [-0.1, -0.05) is 36.5 Å². The summed E-state index contributed by atoms with van der Waals surface area (Å²) in [7, 11) is 0. The molecule has 1 radical (unpaired) electrons. The lowest BCUT2D eigenvalue weighted by atomic mass is 10.2. The van der Waals surface area contributed by atoms with Crippen LogP contribution in [0.5, 0.6) is 0 Å². The normalized spacial score (nSPS) is 20.3. The van der Waals surface area contributed by atoms with Crippen molar-refractivity contribution < 1.29 is 0 Å². The van der Waals surface area contributed by atoms with Crippen LogP contribution in [0.3, 0.4) is 0 Å². The third kappa shape index (κ3) is 6.39. The van der Waals surface area contributed by atoms with E-state index >= 15 is 0 Å². The lowest BCUT2D eigenvalue weighted by Crippen LogP contribution is -1.71. The van der Waals surface area contributed by atoms with Crippen molar-refractivity contribution in [1.82, 2.24) is 0 Å². The molecule has 0 heterocycles. The Hall–Kier alpha value is -0.780. The van der Waals surface area contributed by atoms with Gasteiger partial charge in [-0.3, -0.25) is 0 Å². The molecule has 0 spiro atoms. The van der Waals surface area contributed by atoms with Gasteiger partial charge in [-0.25, -0.2) is 0 Å². The molecule has 0 amide bonds. The summed E-state index contributed by atoms with van der Waals surface area (Å²) in [4.78, 5) is 0. The van der Waals surface area contributed by atoms with Crippen LogP contribution in [0.1, 0.15) is 38.5 Å². The first-order chi connectivity index (χ1) is 6.50. The van der Waals surface area contributed by atoms with Crippen molar-refractivity contribution in [2.45, 2.75) is 38.5 Å². The number of hydrogen-bond acceptors (Lipinski definition) is 0. The zero-order chi connectivity index (χ0) is 9.19. The highest BCUT2D eigenvalue weighted by atomic mass is 13.9. The van der Waals surface area contributed by atoms with Crippen LogP contribution in [0.15, 0.2) is 36.5 Å². The number of allylic oxidation sites excluding steroid dienone is 6. The van der Waals surface area contributed by atoms with Crippen molar-refractivity contribution in [3.63, 3.8) is 0 Å². The summed E-state index contributed by atoms with van der Waals surface area (Å²) in [5.41, 5.74) is 0. The number of hydrogen-bond donors (Lipinski definition) is 0. The molecule has 0 aromatic heterocycles. The molecule has 0 aromatic carbocycles. The highest BCUT2D eigenvalue weighted by molar-refractivity contribution is 4.99. The van der Waals surface area contributed by atoms with Gasteiger partial charge in [0.1, 0.15) is 0 Å². The van der Waals surface area contributed by atoms with Gasteiger partial charge in [0.15, 0.2) is 0 Å². The van der Waals surface area contributed by atoms with Gasteiger partial charge in [-0.05, 0) is 44.9 Å². The Morgan fingerprint density at radius 3 is 2.31 bits per heavy atom. The van der Waals surface area contributed by atoms with E-state index in [0.29, 0.717) is 0 Å². The van der Waals surface area contributed by atoms with Crippen molar-refractivity contribution in [1.29, 1.82) is 0 Å². The second-order valence-electron chi connectivity index (χ2n) is 3.35.